The fourth-order valence-corrected chi connectivity index (χ4v) is 11.0. The van der Waals surface area contributed by atoms with E-state index in [0.717, 1.165) is 40.7 Å². The van der Waals surface area contributed by atoms with Crippen LogP contribution in [0.1, 0.15) is 44.7 Å². The lowest BCUT2D eigenvalue weighted by Crippen LogP contribution is -2.66. The molecule has 44 heavy (non-hydrogen) atoms. The van der Waals surface area contributed by atoms with Gasteiger partial charge in [-0.15, -0.1) is 0 Å². The molecule has 4 aromatic rings. The van der Waals surface area contributed by atoms with E-state index in [0.29, 0.717) is 18.2 Å². The Bertz CT molecular complexity index is 1580. The van der Waals surface area contributed by atoms with E-state index in [2.05, 4.69) is 112 Å². The highest BCUT2D eigenvalue weighted by atomic mass is 35.5. The van der Waals surface area contributed by atoms with Gasteiger partial charge in [0, 0.05) is 0 Å². The minimum Gasteiger partial charge on any atom is -0.508 e. The van der Waals surface area contributed by atoms with Crippen LogP contribution in [0.3, 0.4) is 0 Å². The van der Waals surface area contributed by atoms with Crippen molar-refractivity contribution in [2.24, 2.45) is 0 Å². The predicted octanol–water partition coefficient (Wildman–Crippen LogP) is 8.82. The molecule has 3 nitrogen and oxygen atoms in total. The van der Waals surface area contributed by atoms with Gasteiger partial charge < -0.3 is 14.3 Å². The molecule has 1 heterocycles. The van der Waals surface area contributed by atoms with E-state index in [-0.39, 0.29) is 16.9 Å². The molecule has 0 radical (unpaired) electrons. The Balaban J connectivity index is 1.37. The van der Waals surface area contributed by atoms with Crippen LogP contribution in [-0.4, -0.2) is 32.7 Å². The third kappa shape index (κ3) is 7.00. The molecule has 1 unspecified atom stereocenters. The van der Waals surface area contributed by atoms with Gasteiger partial charge in [-0.3, -0.25) is 0 Å². The van der Waals surface area contributed by atoms with Crippen molar-refractivity contribution in [1.82, 2.24) is 0 Å². The second kappa shape index (κ2) is 14.0. The van der Waals surface area contributed by atoms with Crippen LogP contribution in [0.2, 0.25) is 10.1 Å². The van der Waals surface area contributed by atoms with Crippen molar-refractivity contribution in [1.29, 1.82) is 0 Å². The molecule has 5 heteroatoms. The standard InChI is InChI=1S/C39H41ClO3Si/c1-29(28-43-44(39(2,3)4,34-16-10-6-11-17-34)35-18-12-7-13-19-35)36-24-25-42-38(36)23-21-31(30-14-8-5-9-15-30)26-32-20-22-33(41)27-37(32)40/h5-20,22,24,26-27,38,41H,1,21,23,25,28H2,2-4H3/b31-26-. The minimum absolute atomic E-state index is 0.0762. The fourth-order valence-electron chi connectivity index (χ4n) is 6.19. The molecule has 0 spiro atoms. The number of rotatable bonds is 11. The summed E-state index contributed by atoms with van der Waals surface area (Å²) in [6.07, 6.45) is 5.76. The number of hydrogen-bond acceptors (Lipinski definition) is 3. The van der Waals surface area contributed by atoms with Crippen molar-refractivity contribution < 1.29 is 14.3 Å². The molecule has 5 rings (SSSR count). The molecule has 0 fully saturated rings. The van der Waals surface area contributed by atoms with Crippen LogP contribution >= 0.6 is 11.6 Å². The lowest BCUT2D eigenvalue weighted by Gasteiger charge is -2.43. The van der Waals surface area contributed by atoms with Crippen LogP contribution < -0.4 is 10.4 Å². The molecule has 0 aliphatic carbocycles. The van der Waals surface area contributed by atoms with Gasteiger partial charge in [0.15, 0.2) is 0 Å². The van der Waals surface area contributed by atoms with Gasteiger partial charge in [-0.2, -0.15) is 0 Å². The molecule has 0 aromatic heterocycles. The Labute approximate surface area is 268 Å². The molecule has 226 valence electrons. The molecule has 0 saturated heterocycles. The van der Waals surface area contributed by atoms with Crippen LogP contribution in [0.15, 0.2) is 133 Å². The van der Waals surface area contributed by atoms with E-state index in [4.69, 9.17) is 20.8 Å². The topological polar surface area (TPSA) is 38.7 Å². The first kappa shape index (κ1) is 31.7. The molecule has 0 bridgehead atoms. The number of benzene rings is 4. The van der Waals surface area contributed by atoms with Crippen LogP contribution in [0.25, 0.3) is 11.6 Å². The molecular formula is C39H41ClO3Si. The van der Waals surface area contributed by atoms with E-state index in [1.54, 1.807) is 12.1 Å². The minimum atomic E-state index is -2.69. The third-order valence-corrected chi connectivity index (χ3v) is 13.7. The van der Waals surface area contributed by atoms with Gasteiger partial charge in [-0.25, -0.2) is 0 Å². The Morgan fingerprint density at radius 1 is 0.932 bits per heavy atom. The number of ether oxygens (including phenoxy) is 1. The van der Waals surface area contributed by atoms with Crippen LogP contribution in [-0.2, 0) is 9.16 Å². The Hall–Kier alpha value is -3.67. The molecule has 0 amide bonds. The highest BCUT2D eigenvalue weighted by Gasteiger charge is 2.50. The lowest BCUT2D eigenvalue weighted by atomic mass is 9.93. The maximum atomic E-state index is 9.84. The van der Waals surface area contributed by atoms with Crippen molar-refractivity contribution in [2.75, 3.05) is 13.2 Å². The molecule has 0 saturated carbocycles. The summed E-state index contributed by atoms with van der Waals surface area (Å²) in [6, 6.07) is 36.8. The lowest BCUT2D eigenvalue weighted by molar-refractivity contribution is 0.117. The number of allylic oxidation sites excluding steroid dienone is 1. The van der Waals surface area contributed by atoms with Crippen LogP contribution in [0.5, 0.6) is 5.75 Å². The van der Waals surface area contributed by atoms with Crippen molar-refractivity contribution in [3.8, 4) is 5.75 Å². The fraction of sp³-hybridized carbons (Fsp3) is 0.231. The first-order chi connectivity index (χ1) is 21.2. The summed E-state index contributed by atoms with van der Waals surface area (Å²) in [5.74, 6) is 0.154. The molecule has 4 aromatic carbocycles. The highest BCUT2D eigenvalue weighted by molar-refractivity contribution is 6.99. The van der Waals surface area contributed by atoms with Gasteiger partial charge in [0.1, 0.15) is 5.75 Å². The number of halogens is 1. The number of phenolic OH excluding ortho intramolecular Hbond substituents is 1. The summed E-state index contributed by atoms with van der Waals surface area (Å²) in [5.41, 5.74) is 5.25. The molecule has 1 N–H and O–H groups in total. The average Bonchev–Trinajstić information content (AvgIpc) is 3.50. The quantitative estimate of drug-likeness (QED) is 0.134. The number of aromatic hydroxyl groups is 1. The molecular weight excluding hydrogens is 580 g/mol. The average molecular weight is 621 g/mol. The predicted molar refractivity (Wildman–Crippen MR) is 187 cm³/mol. The summed E-state index contributed by atoms with van der Waals surface area (Å²) >= 11 is 6.48. The summed E-state index contributed by atoms with van der Waals surface area (Å²) in [5, 5.41) is 12.8. The molecule has 1 atom stereocenters. The largest absolute Gasteiger partial charge is 0.508 e. The first-order valence-corrected chi connectivity index (χ1v) is 17.5. The Morgan fingerprint density at radius 2 is 1.52 bits per heavy atom. The summed E-state index contributed by atoms with van der Waals surface area (Å²) < 4.78 is 13.4. The normalized spacial score (nSPS) is 15.7. The Kier molecular flexibility index (Phi) is 10.1. The van der Waals surface area contributed by atoms with Crippen molar-refractivity contribution in [3.05, 3.63) is 149 Å². The van der Waals surface area contributed by atoms with E-state index in [1.165, 1.54) is 10.4 Å². The van der Waals surface area contributed by atoms with Gasteiger partial charge in [-0.05, 0) is 80.4 Å². The summed E-state index contributed by atoms with van der Waals surface area (Å²) in [4.78, 5) is 0. The molecule has 1 aliphatic rings. The third-order valence-electron chi connectivity index (χ3n) is 8.37. The van der Waals surface area contributed by atoms with E-state index < -0.39 is 8.32 Å². The van der Waals surface area contributed by atoms with Gasteiger partial charge in [0.2, 0.25) is 0 Å². The van der Waals surface area contributed by atoms with E-state index in [9.17, 15) is 5.11 Å². The van der Waals surface area contributed by atoms with Gasteiger partial charge in [-0.1, -0.05) is 136 Å². The highest BCUT2D eigenvalue weighted by Crippen LogP contribution is 2.38. The second-order valence-electron chi connectivity index (χ2n) is 12.3. The van der Waals surface area contributed by atoms with Gasteiger partial charge >= 0.3 is 0 Å². The van der Waals surface area contributed by atoms with Crippen molar-refractivity contribution >= 4 is 41.9 Å². The zero-order valence-electron chi connectivity index (χ0n) is 25.8. The van der Waals surface area contributed by atoms with Gasteiger partial charge in [0.25, 0.3) is 8.32 Å². The monoisotopic (exact) mass is 620 g/mol. The summed E-state index contributed by atoms with van der Waals surface area (Å²) in [6.45, 7) is 12.4. The zero-order valence-corrected chi connectivity index (χ0v) is 27.6. The van der Waals surface area contributed by atoms with E-state index in [1.807, 2.05) is 24.3 Å². The smallest absolute Gasteiger partial charge is 0.261 e. The second-order valence-corrected chi connectivity index (χ2v) is 17.0. The maximum absolute atomic E-state index is 9.84. The van der Waals surface area contributed by atoms with Gasteiger partial charge in [0.05, 0.1) is 24.3 Å². The SMILES string of the molecule is C=C(CO[Si](c1ccccc1)(c1ccccc1)C(C)(C)C)C1=CCOC1CC/C(=C/c1ccc(O)cc1Cl)c1ccccc1. The van der Waals surface area contributed by atoms with Crippen LogP contribution in [0.4, 0.5) is 0 Å². The van der Waals surface area contributed by atoms with Crippen molar-refractivity contribution in [3.63, 3.8) is 0 Å². The summed E-state index contributed by atoms with van der Waals surface area (Å²) in [7, 11) is -2.69. The number of phenols is 1. The van der Waals surface area contributed by atoms with E-state index >= 15 is 0 Å². The van der Waals surface area contributed by atoms with Crippen LogP contribution in [0, 0.1) is 0 Å². The molecule has 1 aliphatic heterocycles. The van der Waals surface area contributed by atoms with Crippen molar-refractivity contribution in [2.45, 2.75) is 44.8 Å². The number of hydrogen-bond donors (Lipinski definition) is 1. The first-order valence-electron chi connectivity index (χ1n) is 15.2. The Morgan fingerprint density at radius 3 is 2.09 bits per heavy atom. The maximum Gasteiger partial charge on any atom is 0.261 e. The zero-order chi connectivity index (χ0) is 31.2.